The number of carbonyl (C=O) groups is 3. The number of hydrogen-bond donors (Lipinski definition) is 2. The molecule has 0 aromatic heterocycles. The minimum atomic E-state index is -0.501. The summed E-state index contributed by atoms with van der Waals surface area (Å²) in [6.07, 6.45) is 1.66. The van der Waals surface area contributed by atoms with Gasteiger partial charge in [-0.1, -0.05) is 59.7 Å². The zero-order valence-corrected chi connectivity index (χ0v) is 22.5. The number of phenolic OH excluding ortho intramolecular Hbond substituents is 1. The fourth-order valence-corrected chi connectivity index (χ4v) is 4.84. The predicted octanol–water partition coefficient (Wildman–Crippen LogP) is 6.28. The highest BCUT2D eigenvalue weighted by Gasteiger charge is 2.36. The molecule has 0 atom stereocenters. The van der Waals surface area contributed by atoms with Crippen molar-refractivity contribution in [1.29, 1.82) is 0 Å². The summed E-state index contributed by atoms with van der Waals surface area (Å²) in [5.74, 6) is -0.682. The number of anilines is 1. The molecule has 0 unspecified atom stereocenters. The summed E-state index contributed by atoms with van der Waals surface area (Å²) in [6, 6.07) is 9.39. The van der Waals surface area contributed by atoms with Crippen LogP contribution in [0, 0.1) is 13.8 Å². The Morgan fingerprint density at radius 3 is 2.00 bits per heavy atom. The summed E-state index contributed by atoms with van der Waals surface area (Å²) in [4.78, 5) is 39.6. The molecule has 1 aliphatic rings. The van der Waals surface area contributed by atoms with Crippen molar-refractivity contribution < 1.29 is 19.5 Å². The number of nitrogens with zero attached hydrogens (tertiary/aromatic N) is 1. The molecular formula is C28H34N2O4S. The Balaban J connectivity index is 1.89. The van der Waals surface area contributed by atoms with E-state index in [1.165, 1.54) is 0 Å². The van der Waals surface area contributed by atoms with Gasteiger partial charge in [-0.25, -0.2) is 0 Å². The molecule has 1 saturated heterocycles. The molecule has 7 heteroatoms. The molecule has 1 heterocycles. The lowest BCUT2D eigenvalue weighted by Gasteiger charge is -2.28. The van der Waals surface area contributed by atoms with Gasteiger partial charge < -0.3 is 10.4 Å². The minimum absolute atomic E-state index is 0.249. The van der Waals surface area contributed by atoms with Crippen LogP contribution < -0.4 is 5.32 Å². The molecule has 0 spiro atoms. The lowest BCUT2D eigenvalue weighted by Crippen LogP contribution is -2.36. The molecule has 2 aromatic rings. The van der Waals surface area contributed by atoms with Gasteiger partial charge in [0.1, 0.15) is 12.3 Å². The van der Waals surface area contributed by atoms with Gasteiger partial charge in [-0.05, 0) is 71.3 Å². The van der Waals surface area contributed by atoms with E-state index >= 15 is 0 Å². The van der Waals surface area contributed by atoms with Gasteiger partial charge in [0, 0.05) is 16.8 Å². The van der Waals surface area contributed by atoms with Crippen LogP contribution in [0.4, 0.5) is 10.5 Å². The molecule has 6 nitrogen and oxygen atoms in total. The van der Waals surface area contributed by atoms with Crippen LogP contribution in [0.1, 0.15) is 69.4 Å². The summed E-state index contributed by atoms with van der Waals surface area (Å²) < 4.78 is 0. The van der Waals surface area contributed by atoms with Crippen molar-refractivity contribution in [3.63, 3.8) is 0 Å². The van der Waals surface area contributed by atoms with Crippen LogP contribution in [0.25, 0.3) is 6.08 Å². The standard InChI is InChI=1S/C28H34N2O4S/c1-16-10-9-11-17(2)23(16)29-22(31)15-30-25(33)21(35-26(30)34)14-18-12-19(27(3,4)5)24(32)20(13-18)28(6,7)8/h9-14,32H,15H2,1-8H3,(H,29,31)/b21-14+. The van der Waals surface area contributed by atoms with Crippen LogP contribution in [-0.4, -0.2) is 33.6 Å². The van der Waals surface area contributed by atoms with Gasteiger partial charge in [-0.2, -0.15) is 0 Å². The Labute approximate surface area is 211 Å². The number of thioether (sulfide) groups is 1. The Hall–Kier alpha value is -3.06. The molecule has 1 fully saturated rings. The van der Waals surface area contributed by atoms with E-state index in [4.69, 9.17) is 0 Å². The number of phenols is 1. The maximum atomic E-state index is 13.1. The fraction of sp³-hybridized carbons (Fsp3) is 0.393. The first-order chi connectivity index (χ1) is 16.1. The number of benzene rings is 2. The lowest BCUT2D eigenvalue weighted by molar-refractivity contribution is -0.127. The third-order valence-electron chi connectivity index (χ3n) is 5.97. The van der Waals surface area contributed by atoms with E-state index in [0.29, 0.717) is 5.69 Å². The highest BCUT2D eigenvalue weighted by atomic mass is 32.2. The fourth-order valence-electron chi connectivity index (χ4n) is 4.01. The van der Waals surface area contributed by atoms with Crippen molar-refractivity contribution in [2.75, 3.05) is 11.9 Å². The number of aromatic hydroxyl groups is 1. The third kappa shape index (κ3) is 5.78. The number of aryl methyl sites for hydroxylation is 2. The van der Waals surface area contributed by atoms with Crippen molar-refractivity contribution >= 4 is 40.6 Å². The zero-order chi connectivity index (χ0) is 26.3. The first-order valence-electron chi connectivity index (χ1n) is 11.6. The number of amides is 3. The Morgan fingerprint density at radius 1 is 1.00 bits per heavy atom. The molecule has 35 heavy (non-hydrogen) atoms. The summed E-state index contributed by atoms with van der Waals surface area (Å²) in [7, 11) is 0. The number of para-hydroxylation sites is 1. The number of hydrogen-bond acceptors (Lipinski definition) is 5. The van der Waals surface area contributed by atoms with Crippen molar-refractivity contribution in [2.45, 2.75) is 66.2 Å². The minimum Gasteiger partial charge on any atom is -0.507 e. The van der Waals surface area contributed by atoms with E-state index < -0.39 is 17.1 Å². The molecule has 0 saturated carbocycles. The maximum absolute atomic E-state index is 13.1. The number of imide groups is 1. The van der Waals surface area contributed by atoms with Gasteiger partial charge in [0.15, 0.2) is 0 Å². The molecular weight excluding hydrogens is 460 g/mol. The van der Waals surface area contributed by atoms with Crippen LogP contribution >= 0.6 is 11.8 Å². The van der Waals surface area contributed by atoms with Crippen molar-refractivity contribution in [3.05, 3.63) is 63.1 Å². The second-order valence-electron chi connectivity index (χ2n) is 11.0. The average molecular weight is 495 g/mol. The maximum Gasteiger partial charge on any atom is 0.294 e. The van der Waals surface area contributed by atoms with E-state index in [9.17, 15) is 19.5 Å². The first kappa shape index (κ1) is 26.5. The molecule has 3 amide bonds. The average Bonchev–Trinajstić information content (AvgIpc) is 2.97. The second-order valence-corrected chi connectivity index (χ2v) is 12.0. The summed E-state index contributed by atoms with van der Waals surface area (Å²) >= 11 is 0.818. The van der Waals surface area contributed by atoms with E-state index in [0.717, 1.165) is 44.5 Å². The smallest absolute Gasteiger partial charge is 0.294 e. The molecule has 2 aromatic carbocycles. The molecule has 0 bridgehead atoms. The highest BCUT2D eigenvalue weighted by Crippen LogP contribution is 2.41. The molecule has 0 radical (unpaired) electrons. The van der Waals surface area contributed by atoms with Gasteiger partial charge in [0.2, 0.25) is 5.91 Å². The summed E-state index contributed by atoms with van der Waals surface area (Å²) in [6.45, 7) is 15.5. The van der Waals surface area contributed by atoms with Crippen LogP contribution in [0.2, 0.25) is 0 Å². The van der Waals surface area contributed by atoms with Crippen LogP contribution in [-0.2, 0) is 20.4 Å². The van der Waals surface area contributed by atoms with Gasteiger partial charge >= 0.3 is 0 Å². The number of rotatable bonds is 4. The highest BCUT2D eigenvalue weighted by molar-refractivity contribution is 8.18. The van der Waals surface area contributed by atoms with Crippen LogP contribution in [0.3, 0.4) is 0 Å². The Kier molecular flexibility index (Phi) is 7.23. The second kappa shape index (κ2) is 9.53. The van der Waals surface area contributed by atoms with Gasteiger partial charge in [0.25, 0.3) is 11.1 Å². The Bertz CT molecular complexity index is 1180. The van der Waals surface area contributed by atoms with Crippen molar-refractivity contribution in [2.24, 2.45) is 0 Å². The van der Waals surface area contributed by atoms with E-state index in [1.54, 1.807) is 6.08 Å². The third-order valence-corrected chi connectivity index (χ3v) is 6.87. The topological polar surface area (TPSA) is 86.7 Å². The SMILES string of the molecule is Cc1cccc(C)c1NC(=O)CN1C(=O)S/C(=C/c2cc(C(C)(C)C)c(O)c(C(C)(C)C)c2)C1=O. The van der Waals surface area contributed by atoms with E-state index in [-0.39, 0.29) is 28.0 Å². The zero-order valence-electron chi connectivity index (χ0n) is 21.7. The predicted molar refractivity (Wildman–Crippen MR) is 143 cm³/mol. The van der Waals surface area contributed by atoms with E-state index in [1.807, 2.05) is 85.7 Å². The largest absolute Gasteiger partial charge is 0.507 e. The quantitative estimate of drug-likeness (QED) is 0.489. The summed E-state index contributed by atoms with van der Waals surface area (Å²) in [5.41, 5.74) is 4.12. The molecule has 3 rings (SSSR count). The van der Waals surface area contributed by atoms with Crippen molar-refractivity contribution in [1.82, 2.24) is 4.90 Å². The van der Waals surface area contributed by atoms with Gasteiger partial charge in [-0.15, -0.1) is 0 Å². The molecule has 186 valence electrons. The van der Waals surface area contributed by atoms with Crippen molar-refractivity contribution in [3.8, 4) is 5.75 Å². The van der Waals surface area contributed by atoms with Crippen LogP contribution in [0.15, 0.2) is 35.2 Å². The molecule has 2 N–H and O–H groups in total. The summed E-state index contributed by atoms with van der Waals surface area (Å²) in [5, 5.41) is 13.3. The monoisotopic (exact) mass is 494 g/mol. The molecule has 0 aliphatic carbocycles. The number of nitrogens with one attached hydrogen (secondary N) is 1. The lowest BCUT2D eigenvalue weighted by atomic mass is 9.78. The van der Waals surface area contributed by atoms with Crippen LogP contribution in [0.5, 0.6) is 5.75 Å². The van der Waals surface area contributed by atoms with E-state index in [2.05, 4.69) is 5.32 Å². The first-order valence-corrected chi connectivity index (χ1v) is 12.4. The Morgan fingerprint density at radius 2 is 1.51 bits per heavy atom. The molecule has 1 aliphatic heterocycles. The van der Waals surface area contributed by atoms with Gasteiger partial charge in [0.05, 0.1) is 4.91 Å². The number of carbonyl (C=O) groups excluding carboxylic acids is 3. The normalized spacial score (nSPS) is 15.8. The van der Waals surface area contributed by atoms with Gasteiger partial charge in [-0.3, -0.25) is 19.3 Å².